The van der Waals surface area contributed by atoms with Crippen molar-refractivity contribution in [3.63, 3.8) is 0 Å². The summed E-state index contributed by atoms with van der Waals surface area (Å²) in [6.45, 7) is 5.55. The molecule has 0 radical (unpaired) electrons. The van der Waals surface area contributed by atoms with Crippen LogP contribution >= 0.6 is 0 Å². The van der Waals surface area contributed by atoms with Gasteiger partial charge >= 0.3 is 0 Å². The predicted octanol–water partition coefficient (Wildman–Crippen LogP) is 3.37. The van der Waals surface area contributed by atoms with E-state index in [-0.39, 0.29) is 30.2 Å². The van der Waals surface area contributed by atoms with E-state index in [1.165, 1.54) is 6.08 Å². The normalized spacial score (nSPS) is 12.0. The number of benzene rings is 2. The number of amides is 2. The van der Waals surface area contributed by atoms with E-state index in [2.05, 4.69) is 10.6 Å². The summed E-state index contributed by atoms with van der Waals surface area (Å²) in [5, 5.41) is 14.9. The van der Waals surface area contributed by atoms with Crippen LogP contribution in [-0.2, 0) is 9.59 Å². The molecule has 0 unspecified atom stereocenters. The summed E-state index contributed by atoms with van der Waals surface area (Å²) in [5.41, 5.74) is 1.65. The SMILES string of the molecule is CC(C)NC(=O)COc1ccc(/C=C(\C#N)C(=O)N[C@H](C)c2ccccc2)cc1. The van der Waals surface area contributed by atoms with Crippen molar-refractivity contribution in [1.82, 2.24) is 10.6 Å². The number of carbonyl (C=O) groups is 2. The van der Waals surface area contributed by atoms with Gasteiger partial charge in [0.2, 0.25) is 0 Å². The number of nitrogens with one attached hydrogen (secondary N) is 2. The second-order valence-corrected chi connectivity index (χ2v) is 6.86. The van der Waals surface area contributed by atoms with E-state index < -0.39 is 5.91 Å². The third-order valence-corrected chi connectivity index (χ3v) is 4.02. The number of nitriles is 1. The molecule has 2 N–H and O–H groups in total. The van der Waals surface area contributed by atoms with Gasteiger partial charge < -0.3 is 15.4 Å². The molecule has 0 fully saturated rings. The Kier molecular flexibility index (Phi) is 7.99. The fourth-order valence-corrected chi connectivity index (χ4v) is 2.59. The lowest BCUT2D eigenvalue weighted by Gasteiger charge is -2.13. The Morgan fingerprint density at radius 2 is 1.69 bits per heavy atom. The van der Waals surface area contributed by atoms with Crippen molar-refractivity contribution in [2.75, 3.05) is 6.61 Å². The Labute approximate surface area is 171 Å². The first-order valence-corrected chi connectivity index (χ1v) is 9.39. The summed E-state index contributed by atoms with van der Waals surface area (Å²) in [7, 11) is 0. The topological polar surface area (TPSA) is 91.2 Å². The fraction of sp³-hybridized carbons (Fsp3) is 0.261. The molecule has 0 saturated heterocycles. The number of hydrogen-bond donors (Lipinski definition) is 2. The molecule has 2 aromatic carbocycles. The lowest BCUT2D eigenvalue weighted by Crippen LogP contribution is -2.34. The molecule has 2 amide bonds. The van der Waals surface area contributed by atoms with Gasteiger partial charge in [0, 0.05) is 6.04 Å². The number of nitrogens with zero attached hydrogens (tertiary/aromatic N) is 1. The van der Waals surface area contributed by atoms with Gasteiger partial charge in [-0.05, 0) is 50.1 Å². The molecule has 0 aliphatic heterocycles. The number of ether oxygens (including phenoxy) is 1. The summed E-state index contributed by atoms with van der Waals surface area (Å²) in [6.07, 6.45) is 1.52. The van der Waals surface area contributed by atoms with Gasteiger partial charge in [-0.25, -0.2) is 0 Å². The van der Waals surface area contributed by atoms with Crippen LogP contribution in [0.1, 0.15) is 37.9 Å². The lowest BCUT2D eigenvalue weighted by atomic mass is 10.1. The largest absolute Gasteiger partial charge is 0.484 e. The zero-order valence-corrected chi connectivity index (χ0v) is 16.8. The third-order valence-electron chi connectivity index (χ3n) is 4.02. The zero-order chi connectivity index (χ0) is 21.2. The summed E-state index contributed by atoms with van der Waals surface area (Å²) >= 11 is 0. The van der Waals surface area contributed by atoms with E-state index in [1.807, 2.05) is 57.2 Å². The smallest absolute Gasteiger partial charge is 0.262 e. The van der Waals surface area contributed by atoms with Gasteiger partial charge in [0.05, 0.1) is 6.04 Å². The lowest BCUT2D eigenvalue weighted by molar-refractivity contribution is -0.123. The molecule has 0 aliphatic rings. The molecule has 1 atom stereocenters. The molecule has 150 valence electrons. The standard InChI is InChI=1S/C23H25N3O3/c1-16(2)25-22(27)15-29-21-11-9-18(10-12-21)13-20(14-24)23(28)26-17(3)19-7-5-4-6-8-19/h4-13,16-17H,15H2,1-3H3,(H,25,27)(H,26,28)/b20-13+/t17-/m1/s1. The maximum absolute atomic E-state index is 12.4. The van der Waals surface area contributed by atoms with Gasteiger partial charge in [-0.2, -0.15) is 5.26 Å². The van der Waals surface area contributed by atoms with Gasteiger partial charge in [0.1, 0.15) is 17.4 Å². The van der Waals surface area contributed by atoms with Gasteiger partial charge in [-0.15, -0.1) is 0 Å². The average molecular weight is 391 g/mol. The van der Waals surface area contributed by atoms with Crippen molar-refractivity contribution in [3.05, 3.63) is 71.3 Å². The second kappa shape index (κ2) is 10.7. The fourth-order valence-electron chi connectivity index (χ4n) is 2.59. The highest BCUT2D eigenvalue weighted by atomic mass is 16.5. The van der Waals surface area contributed by atoms with E-state index in [1.54, 1.807) is 24.3 Å². The molecule has 0 heterocycles. The highest BCUT2D eigenvalue weighted by Gasteiger charge is 2.13. The Morgan fingerprint density at radius 3 is 2.28 bits per heavy atom. The molecule has 0 spiro atoms. The van der Waals surface area contributed by atoms with Crippen molar-refractivity contribution >= 4 is 17.9 Å². The van der Waals surface area contributed by atoms with Crippen LogP contribution in [0.2, 0.25) is 0 Å². The van der Waals surface area contributed by atoms with E-state index in [4.69, 9.17) is 4.74 Å². The van der Waals surface area contributed by atoms with Crippen molar-refractivity contribution in [2.45, 2.75) is 32.9 Å². The minimum Gasteiger partial charge on any atom is -0.484 e. The molecule has 0 bridgehead atoms. The summed E-state index contributed by atoms with van der Waals surface area (Å²) in [4.78, 5) is 24.0. The Bertz CT molecular complexity index is 897. The van der Waals surface area contributed by atoms with Crippen LogP contribution in [0.5, 0.6) is 5.75 Å². The van der Waals surface area contributed by atoms with Crippen LogP contribution in [-0.4, -0.2) is 24.5 Å². The molecule has 6 nitrogen and oxygen atoms in total. The van der Waals surface area contributed by atoms with Crippen LogP contribution in [0.15, 0.2) is 60.2 Å². The first-order valence-electron chi connectivity index (χ1n) is 9.39. The number of rotatable bonds is 8. The van der Waals surface area contributed by atoms with Crippen LogP contribution in [0, 0.1) is 11.3 Å². The zero-order valence-electron chi connectivity index (χ0n) is 16.8. The maximum atomic E-state index is 12.4. The van der Waals surface area contributed by atoms with Gasteiger partial charge in [-0.3, -0.25) is 9.59 Å². The maximum Gasteiger partial charge on any atom is 0.262 e. The Hall–Kier alpha value is -3.59. The molecular weight excluding hydrogens is 366 g/mol. The van der Waals surface area contributed by atoms with E-state index in [0.29, 0.717) is 11.3 Å². The summed E-state index contributed by atoms with van der Waals surface area (Å²) in [5.74, 6) is -0.101. The van der Waals surface area contributed by atoms with Crippen molar-refractivity contribution in [2.24, 2.45) is 0 Å². The molecule has 0 saturated carbocycles. The molecule has 0 aromatic heterocycles. The van der Waals surface area contributed by atoms with E-state index >= 15 is 0 Å². The van der Waals surface area contributed by atoms with Gasteiger partial charge in [0.15, 0.2) is 6.61 Å². The van der Waals surface area contributed by atoms with E-state index in [0.717, 1.165) is 5.56 Å². The van der Waals surface area contributed by atoms with Crippen LogP contribution in [0.25, 0.3) is 6.08 Å². The number of hydrogen-bond acceptors (Lipinski definition) is 4. The highest BCUT2D eigenvalue weighted by Crippen LogP contribution is 2.16. The monoisotopic (exact) mass is 391 g/mol. The molecular formula is C23H25N3O3. The summed E-state index contributed by atoms with van der Waals surface area (Å²) in [6, 6.07) is 18.1. The summed E-state index contributed by atoms with van der Waals surface area (Å²) < 4.78 is 5.43. The van der Waals surface area contributed by atoms with Crippen molar-refractivity contribution in [1.29, 1.82) is 5.26 Å². The average Bonchev–Trinajstić information content (AvgIpc) is 2.71. The number of carbonyl (C=O) groups excluding carboxylic acids is 2. The second-order valence-electron chi connectivity index (χ2n) is 6.86. The third kappa shape index (κ3) is 7.15. The minimum absolute atomic E-state index is 0.0118. The highest BCUT2D eigenvalue weighted by molar-refractivity contribution is 6.01. The van der Waals surface area contributed by atoms with Crippen LogP contribution < -0.4 is 15.4 Å². The molecule has 2 aromatic rings. The van der Waals surface area contributed by atoms with Crippen molar-refractivity contribution in [3.8, 4) is 11.8 Å². The quantitative estimate of drug-likeness (QED) is 0.533. The molecule has 2 rings (SSSR count). The van der Waals surface area contributed by atoms with Crippen LogP contribution in [0.3, 0.4) is 0 Å². The first-order chi connectivity index (χ1) is 13.9. The molecule has 29 heavy (non-hydrogen) atoms. The van der Waals surface area contributed by atoms with Crippen molar-refractivity contribution < 1.29 is 14.3 Å². The van der Waals surface area contributed by atoms with E-state index in [9.17, 15) is 14.9 Å². The van der Waals surface area contributed by atoms with Gasteiger partial charge in [-0.1, -0.05) is 42.5 Å². The minimum atomic E-state index is -0.436. The van der Waals surface area contributed by atoms with Gasteiger partial charge in [0.25, 0.3) is 11.8 Å². The van der Waals surface area contributed by atoms with Crippen LogP contribution in [0.4, 0.5) is 0 Å². The first kappa shape index (κ1) is 21.7. The Balaban J connectivity index is 1.98. The predicted molar refractivity (Wildman–Crippen MR) is 112 cm³/mol. The molecule has 0 aliphatic carbocycles. The Morgan fingerprint density at radius 1 is 1.03 bits per heavy atom. The molecule has 6 heteroatoms.